The zero-order chi connectivity index (χ0) is 24.2. The number of aromatic nitrogens is 1. The predicted octanol–water partition coefficient (Wildman–Crippen LogP) is 4.37. The van der Waals surface area contributed by atoms with E-state index >= 15 is 0 Å². The molecule has 0 saturated carbocycles. The van der Waals surface area contributed by atoms with Crippen LogP contribution in [-0.4, -0.2) is 64.9 Å². The Bertz CT molecular complexity index is 1190. The molecule has 0 radical (unpaired) electrons. The Morgan fingerprint density at radius 1 is 0.971 bits per heavy atom. The first-order chi connectivity index (χ1) is 17.1. The lowest BCUT2D eigenvalue weighted by molar-refractivity contribution is -0.133. The quantitative estimate of drug-likeness (QED) is 0.558. The fourth-order valence-electron chi connectivity index (χ4n) is 5.24. The summed E-state index contributed by atoms with van der Waals surface area (Å²) in [5.74, 6) is 0.0968. The number of rotatable bonds is 6. The molecule has 5 rings (SSSR count). The van der Waals surface area contributed by atoms with E-state index < -0.39 is 0 Å². The summed E-state index contributed by atoms with van der Waals surface area (Å²) >= 11 is 0. The number of carbonyl (C=O) groups is 2. The molecule has 0 spiro atoms. The molecule has 2 aliphatic heterocycles. The number of benzene rings is 2. The molecule has 1 aromatic heterocycles. The summed E-state index contributed by atoms with van der Waals surface area (Å²) in [6.07, 6.45) is 5.91. The standard InChI is InChI=1S/C28H33N5O2/c1-20-7-6-16-33(20)26(34)19-32-17-13-22(14-18-32)30-25-12-11-24(27-23(25)10-5-15-29-27)28(35)31-21-8-3-2-4-9-21/h2-5,8-12,15,20,22,30H,6-7,13-14,16-19H2,1H3,(H,31,35)/t20-/m1/s1. The van der Waals surface area contributed by atoms with Gasteiger partial charge in [-0.15, -0.1) is 0 Å². The molecule has 3 heterocycles. The minimum Gasteiger partial charge on any atom is -0.382 e. The number of nitrogens with one attached hydrogen (secondary N) is 2. The van der Waals surface area contributed by atoms with Gasteiger partial charge in [0.15, 0.2) is 0 Å². The third kappa shape index (κ3) is 5.30. The number of amides is 2. The van der Waals surface area contributed by atoms with Gasteiger partial charge in [-0.05, 0) is 69.0 Å². The number of likely N-dealkylation sites (tertiary alicyclic amines) is 2. The van der Waals surface area contributed by atoms with Gasteiger partial charge in [0.25, 0.3) is 5.91 Å². The molecule has 2 N–H and O–H groups in total. The Hall–Kier alpha value is -3.45. The molecule has 7 nitrogen and oxygen atoms in total. The van der Waals surface area contributed by atoms with Crippen molar-refractivity contribution in [2.45, 2.75) is 44.7 Å². The highest BCUT2D eigenvalue weighted by molar-refractivity contribution is 6.13. The maximum absolute atomic E-state index is 13.0. The van der Waals surface area contributed by atoms with Crippen LogP contribution in [0.2, 0.25) is 0 Å². The van der Waals surface area contributed by atoms with Crippen LogP contribution in [-0.2, 0) is 4.79 Å². The molecule has 2 amide bonds. The normalized spacial score (nSPS) is 19.1. The summed E-state index contributed by atoms with van der Waals surface area (Å²) in [7, 11) is 0. The molecule has 2 aromatic carbocycles. The number of anilines is 2. The lowest BCUT2D eigenvalue weighted by Crippen LogP contribution is -2.46. The van der Waals surface area contributed by atoms with Gasteiger partial charge in [-0.25, -0.2) is 0 Å². The van der Waals surface area contributed by atoms with Crippen LogP contribution in [0.25, 0.3) is 10.9 Å². The number of pyridine rings is 1. The van der Waals surface area contributed by atoms with E-state index in [1.807, 2.05) is 59.5 Å². The summed E-state index contributed by atoms with van der Waals surface area (Å²) < 4.78 is 0. The Kier molecular flexibility index (Phi) is 6.95. The zero-order valence-corrected chi connectivity index (χ0v) is 20.2. The number of hydrogen-bond acceptors (Lipinski definition) is 5. The third-order valence-electron chi connectivity index (χ3n) is 7.23. The van der Waals surface area contributed by atoms with E-state index in [9.17, 15) is 9.59 Å². The molecule has 3 aromatic rings. The van der Waals surface area contributed by atoms with Crippen molar-refractivity contribution in [3.8, 4) is 0 Å². The number of hydrogen-bond donors (Lipinski definition) is 2. The summed E-state index contributed by atoms with van der Waals surface area (Å²) in [6, 6.07) is 17.9. The maximum Gasteiger partial charge on any atom is 0.257 e. The second-order valence-electron chi connectivity index (χ2n) is 9.65. The Balaban J connectivity index is 1.23. The first kappa shape index (κ1) is 23.3. The fraction of sp³-hybridized carbons (Fsp3) is 0.393. The van der Waals surface area contributed by atoms with Gasteiger partial charge in [0.1, 0.15) is 0 Å². The van der Waals surface area contributed by atoms with E-state index in [0.29, 0.717) is 29.7 Å². The van der Waals surface area contributed by atoms with Gasteiger partial charge in [0.2, 0.25) is 5.91 Å². The molecule has 1 atom stereocenters. The monoisotopic (exact) mass is 471 g/mol. The van der Waals surface area contributed by atoms with Crippen molar-refractivity contribution in [2.24, 2.45) is 0 Å². The van der Waals surface area contributed by atoms with Crippen molar-refractivity contribution in [2.75, 3.05) is 36.8 Å². The summed E-state index contributed by atoms with van der Waals surface area (Å²) in [5, 5.41) is 7.58. The largest absolute Gasteiger partial charge is 0.382 e. The van der Waals surface area contributed by atoms with Crippen LogP contribution in [0.3, 0.4) is 0 Å². The van der Waals surface area contributed by atoms with Crippen LogP contribution >= 0.6 is 0 Å². The first-order valence-corrected chi connectivity index (χ1v) is 12.6. The second-order valence-corrected chi connectivity index (χ2v) is 9.65. The molecule has 7 heteroatoms. The highest BCUT2D eigenvalue weighted by Crippen LogP contribution is 2.28. The summed E-state index contributed by atoms with van der Waals surface area (Å²) in [6.45, 7) is 5.38. The van der Waals surface area contributed by atoms with Crippen molar-refractivity contribution in [3.05, 3.63) is 66.4 Å². The van der Waals surface area contributed by atoms with Gasteiger partial charge in [0, 0.05) is 54.7 Å². The highest BCUT2D eigenvalue weighted by Gasteiger charge is 2.28. The van der Waals surface area contributed by atoms with Gasteiger partial charge >= 0.3 is 0 Å². The van der Waals surface area contributed by atoms with Crippen LogP contribution in [0.15, 0.2) is 60.8 Å². The second kappa shape index (κ2) is 10.4. The van der Waals surface area contributed by atoms with Gasteiger partial charge in [-0.1, -0.05) is 18.2 Å². The van der Waals surface area contributed by atoms with Gasteiger partial charge in [-0.3, -0.25) is 19.5 Å². The Morgan fingerprint density at radius 2 is 1.77 bits per heavy atom. The van der Waals surface area contributed by atoms with E-state index in [1.54, 1.807) is 6.20 Å². The van der Waals surface area contributed by atoms with Crippen molar-refractivity contribution in [1.29, 1.82) is 0 Å². The van der Waals surface area contributed by atoms with Crippen molar-refractivity contribution in [3.63, 3.8) is 0 Å². The topological polar surface area (TPSA) is 77.6 Å². The number of nitrogens with zero attached hydrogens (tertiary/aromatic N) is 3. The molecule has 35 heavy (non-hydrogen) atoms. The first-order valence-electron chi connectivity index (χ1n) is 12.6. The van der Waals surface area contributed by atoms with E-state index in [-0.39, 0.29) is 11.8 Å². The van der Waals surface area contributed by atoms with Crippen molar-refractivity contribution >= 4 is 34.1 Å². The minimum atomic E-state index is -0.170. The average Bonchev–Trinajstić information content (AvgIpc) is 3.32. The van der Waals surface area contributed by atoms with E-state index in [4.69, 9.17) is 0 Å². The van der Waals surface area contributed by atoms with E-state index in [2.05, 4.69) is 27.4 Å². The molecule has 0 bridgehead atoms. The third-order valence-corrected chi connectivity index (χ3v) is 7.23. The Morgan fingerprint density at radius 3 is 2.51 bits per heavy atom. The van der Waals surface area contributed by atoms with Crippen LogP contribution in [0.1, 0.15) is 43.0 Å². The van der Waals surface area contributed by atoms with Gasteiger partial charge in [0.05, 0.1) is 17.6 Å². The van der Waals surface area contributed by atoms with Crippen LogP contribution < -0.4 is 10.6 Å². The molecule has 2 saturated heterocycles. The molecule has 0 unspecified atom stereocenters. The predicted molar refractivity (Wildman–Crippen MR) is 140 cm³/mol. The molecular weight excluding hydrogens is 438 g/mol. The van der Waals surface area contributed by atoms with Crippen LogP contribution in [0, 0.1) is 0 Å². The average molecular weight is 472 g/mol. The highest BCUT2D eigenvalue weighted by atomic mass is 16.2. The smallest absolute Gasteiger partial charge is 0.257 e. The van der Waals surface area contributed by atoms with E-state index in [0.717, 1.165) is 62.1 Å². The summed E-state index contributed by atoms with van der Waals surface area (Å²) in [4.78, 5) is 34.5. The van der Waals surface area contributed by atoms with Crippen LogP contribution in [0.4, 0.5) is 11.4 Å². The number of fused-ring (bicyclic) bond motifs is 1. The number of carbonyl (C=O) groups excluding carboxylic acids is 2. The molecule has 182 valence electrons. The zero-order valence-electron chi connectivity index (χ0n) is 20.2. The van der Waals surface area contributed by atoms with Gasteiger partial charge < -0.3 is 15.5 Å². The molecular formula is C28H33N5O2. The van der Waals surface area contributed by atoms with Crippen molar-refractivity contribution < 1.29 is 9.59 Å². The molecule has 0 aliphatic carbocycles. The fourth-order valence-corrected chi connectivity index (χ4v) is 5.24. The SMILES string of the molecule is C[C@@H]1CCCN1C(=O)CN1CCC(Nc2ccc(C(=O)Nc3ccccc3)c3ncccc23)CC1. The minimum absolute atomic E-state index is 0.170. The van der Waals surface area contributed by atoms with Crippen molar-refractivity contribution in [1.82, 2.24) is 14.8 Å². The molecule has 2 fully saturated rings. The van der Waals surface area contributed by atoms with E-state index in [1.165, 1.54) is 0 Å². The lowest BCUT2D eigenvalue weighted by Gasteiger charge is -2.34. The van der Waals surface area contributed by atoms with Gasteiger partial charge in [-0.2, -0.15) is 0 Å². The molecule has 2 aliphatic rings. The van der Waals surface area contributed by atoms with Crippen LogP contribution in [0.5, 0.6) is 0 Å². The number of para-hydroxylation sites is 1. The summed E-state index contributed by atoms with van der Waals surface area (Å²) in [5.41, 5.74) is 2.99. The number of piperidine rings is 1. The Labute approximate surface area is 206 Å². The maximum atomic E-state index is 13.0. The lowest BCUT2D eigenvalue weighted by atomic mass is 10.0.